The minimum atomic E-state index is 0.287. The van der Waals surface area contributed by atoms with Gasteiger partial charge in [-0.2, -0.15) is 4.98 Å². The SMILES string of the molecule is Cl/C(=C\c1cccc(Cl)c1)c1nc(-c2cccs2)no1. The Hall–Kier alpha value is -1.62. The molecule has 0 saturated carbocycles. The lowest BCUT2D eigenvalue weighted by atomic mass is 10.2. The molecule has 0 N–H and O–H groups in total. The molecule has 2 heterocycles. The van der Waals surface area contributed by atoms with Gasteiger partial charge in [0.25, 0.3) is 5.89 Å². The Balaban J connectivity index is 1.89. The third kappa shape index (κ3) is 2.93. The number of halogens is 2. The zero-order valence-electron chi connectivity index (χ0n) is 10.1. The second kappa shape index (κ2) is 5.79. The Bertz CT molecular complexity index is 750. The molecule has 0 aliphatic heterocycles. The summed E-state index contributed by atoms with van der Waals surface area (Å²) in [6.07, 6.45) is 1.74. The van der Waals surface area contributed by atoms with Crippen molar-refractivity contribution in [2.45, 2.75) is 0 Å². The lowest BCUT2D eigenvalue weighted by Crippen LogP contribution is -1.79. The molecule has 0 bridgehead atoms. The minimum Gasteiger partial charge on any atom is -0.333 e. The van der Waals surface area contributed by atoms with Crippen molar-refractivity contribution < 1.29 is 4.52 Å². The van der Waals surface area contributed by atoms with Gasteiger partial charge < -0.3 is 4.52 Å². The summed E-state index contributed by atoms with van der Waals surface area (Å²) in [6, 6.07) is 11.2. The van der Waals surface area contributed by atoms with Gasteiger partial charge in [-0.05, 0) is 35.2 Å². The van der Waals surface area contributed by atoms with E-state index in [1.54, 1.807) is 29.5 Å². The highest BCUT2D eigenvalue weighted by Gasteiger charge is 2.12. The van der Waals surface area contributed by atoms with Crippen molar-refractivity contribution in [3.8, 4) is 10.7 Å². The normalized spacial score (nSPS) is 11.8. The predicted octanol–water partition coefficient (Wildman–Crippen LogP) is 5.19. The summed E-state index contributed by atoms with van der Waals surface area (Å²) in [5.74, 6) is 0.822. The van der Waals surface area contributed by atoms with Crippen LogP contribution in [-0.4, -0.2) is 10.1 Å². The first-order valence-corrected chi connectivity index (χ1v) is 7.36. The summed E-state index contributed by atoms with van der Waals surface area (Å²) < 4.78 is 5.17. The van der Waals surface area contributed by atoms with Crippen LogP contribution in [0.2, 0.25) is 5.02 Å². The molecule has 0 aliphatic carbocycles. The highest BCUT2D eigenvalue weighted by molar-refractivity contribution is 7.13. The van der Waals surface area contributed by atoms with Gasteiger partial charge in [-0.3, -0.25) is 0 Å². The maximum atomic E-state index is 6.19. The molecule has 0 fully saturated rings. The van der Waals surface area contributed by atoms with Gasteiger partial charge >= 0.3 is 0 Å². The molecule has 2 aromatic heterocycles. The molecule has 0 atom stereocenters. The molecule has 100 valence electrons. The summed E-state index contributed by atoms with van der Waals surface area (Å²) in [5.41, 5.74) is 0.873. The van der Waals surface area contributed by atoms with Crippen molar-refractivity contribution in [3.63, 3.8) is 0 Å². The number of hydrogen-bond acceptors (Lipinski definition) is 4. The molecule has 20 heavy (non-hydrogen) atoms. The van der Waals surface area contributed by atoms with E-state index in [0.29, 0.717) is 15.9 Å². The standard InChI is InChI=1S/C14H8Cl2N2OS/c15-10-4-1-3-9(7-10)8-11(16)14-17-13(18-19-14)12-5-2-6-20-12/h1-8H/b11-8-. The summed E-state index contributed by atoms with van der Waals surface area (Å²) >= 11 is 13.7. The molecule has 1 aromatic carbocycles. The molecule has 0 saturated heterocycles. The molecule has 3 aromatic rings. The van der Waals surface area contributed by atoms with E-state index in [-0.39, 0.29) is 5.89 Å². The largest absolute Gasteiger partial charge is 0.333 e. The minimum absolute atomic E-state index is 0.287. The Morgan fingerprint density at radius 3 is 2.90 bits per heavy atom. The van der Waals surface area contributed by atoms with E-state index in [4.69, 9.17) is 27.7 Å². The summed E-state index contributed by atoms with van der Waals surface area (Å²) in [6.45, 7) is 0. The van der Waals surface area contributed by atoms with Crippen molar-refractivity contribution in [2.24, 2.45) is 0 Å². The molecular weight excluding hydrogens is 315 g/mol. The van der Waals surface area contributed by atoms with E-state index in [1.807, 2.05) is 29.6 Å². The van der Waals surface area contributed by atoms with Crippen molar-refractivity contribution in [1.82, 2.24) is 10.1 Å². The highest BCUT2D eigenvalue weighted by atomic mass is 35.5. The fraction of sp³-hybridized carbons (Fsp3) is 0. The van der Waals surface area contributed by atoms with E-state index < -0.39 is 0 Å². The van der Waals surface area contributed by atoms with Gasteiger partial charge in [0.15, 0.2) is 0 Å². The van der Waals surface area contributed by atoms with Crippen molar-refractivity contribution in [3.05, 3.63) is 58.3 Å². The molecular formula is C14H8Cl2N2OS. The van der Waals surface area contributed by atoms with E-state index >= 15 is 0 Å². The number of aromatic nitrogens is 2. The highest BCUT2D eigenvalue weighted by Crippen LogP contribution is 2.26. The van der Waals surface area contributed by atoms with Gasteiger partial charge in [0, 0.05) is 5.02 Å². The van der Waals surface area contributed by atoms with Crippen LogP contribution in [0.1, 0.15) is 11.5 Å². The van der Waals surface area contributed by atoms with Crippen LogP contribution in [-0.2, 0) is 0 Å². The van der Waals surface area contributed by atoms with Gasteiger partial charge in [0.05, 0.1) is 4.88 Å². The van der Waals surface area contributed by atoms with Crippen LogP contribution in [0, 0.1) is 0 Å². The quantitative estimate of drug-likeness (QED) is 0.666. The molecule has 6 heteroatoms. The van der Waals surface area contributed by atoms with Crippen LogP contribution >= 0.6 is 34.5 Å². The molecule has 0 aliphatic rings. The van der Waals surface area contributed by atoms with Gasteiger partial charge in [-0.25, -0.2) is 0 Å². The molecule has 0 amide bonds. The molecule has 0 spiro atoms. The maximum absolute atomic E-state index is 6.19. The number of rotatable bonds is 3. The smallest absolute Gasteiger partial charge is 0.269 e. The predicted molar refractivity (Wildman–Crippen MR) is 82.8 cm³/mol. The average Bonchev–Trinajstić information content (AvgIpc) is 3.10. The van der Waals surface area contributed by atoms with Gasteiger partial charge in [-0.1, -0.05) is 46.6 Å². The van der Waals surface area contributed by atoms with E-state index in [1.165, 1.54) is 0 Å². The second-order valence-corrected chi connectivity index (χ2v) is 5.74. The first-order chi connectivity index (χ1) is 9.72. The van der Waals surface area contributed by atoms with Crippen molar-refractivity contribution in [2.75, 3.05) is 0 Å². The lowest BCUT2D eigenvalue weighted by molar-refractivity contribution is 0.410. The van der Waals surface area contributed by atoms with Crippen LogP contribution in [0.15, 0.2) is 46.3 Å². The van der Waals surface area contributed by atoms with Crippen LogP contribution in [0.25, 0.3) is 21.8 Å². The number of hydrogen-bond donors (Lipinski definition) is 0. The van der Waals surface area contributed by atoms with Gasteiger partial charge in [0.1, 0.15) is 5.03 Å². The number of benzene rings is 1. The van der Waals surface area contributed by atoms with Crippen LogP contribution in [0.3, 0.4) is 0 Å². The molecule has 3 nitrogen and oxygen atoms in total. The number of thiophene rings is 1. The molecule has 0 unspecified atom stereocenters. The fourth-order valence-electron chi connectivity index (χ4n) is 1.63. The van der Waals surface area contributed by atoms with Gasteiger partial charge in [-0.15, -0.1) is 11.3 Å². The third-order valence-electron chi connectivity index (χ3n) is 2.51. The van der Waals surface area contributed by atoms with Crippen LogP contribution in [0.4, 0.5) is 0 Å². The van der Waals surface area contributed by atoms with E-state index in [2.05, 4.69) is 10.1 Å². The zero-order chi connectivity index (χ0) is 13.9. The van der Waals surface area contributed by atoms with Crippen LogP contribution in [0.5, 0.6) is 0 Å². The monoisotopic (exact) mass is 322 g/mol. The van der Waals surface area contributed by atoms with Crippen LogP contribution < -0.4 is 0 Å². The average molecular weight is 323 g/mol. The molecule has 0 radical (unpaired) electrons. The van der Waals surface area contributed by atoms with E-state index in [9.17, 15) is 0 Å². The van der Waals surface area contributed by atoms with Gasteiger partial charge in [0.2, 0.25) is 5.82 Å². The van der Waals surface area contributed by atoms with E-state index in [0.717, 1.165) is 10.4 Å². The fourth-order valence-corrected chi connectivity index (χ4v) is 2.68. The topological polar surface area (TPSA) is 38.9 Å². The Morgan fingerprint density at radius 1 is 1.25 bits per heavy atom. The summed E-state index contributed by atoms with van der Waals surface area (Å²) in [7, 11) is 0. The Morgan fingerprint density at radius 2 is 2.15 bits per heavy atom. The molecule has 3 rings (SSSR count). The number of nitrogens with zero attached hydrogens (tertiary/aromatic N) is 2. The third-order valence-corrected chi connectivity index (χ3v) is 3.89. The summed E-state index contributed by atoms with van der Waals surface area (Å²) in [4.78, 5) is 5.21. The van der Waals surface area contributed by atoms with Crippen molar-refractivity contribution >= 4 is 45.6 Å². The Labute approximate surface area is 129 Å². The first-order valence-electron chi connectivity index (χ1n) is 5.73. The van der Waals surface area contributed by atoms with Crippen molar-refractivity contribution in [1.29, 1.82) is 0 Å². The first kappa shape index (κ1) is 13.4. The zero-order valence-corrected chi connectivity index (χ0v) is 12.4. The lowest BCUT2D eigenvalue weighted by Gasteiger charge is -1.95. The summed E-state index contributed by atoms with van der Waals surface area (Å²) in [5, 5.41) is 6.89. The second-order valence-electron chi connectivity index (χ2n) is 3.95. The maximum Gasteiger partial charge on any atom is 0.269 e. The Kier molecular flexibility index (Phi) is 3.87.